The van der Waals surface area contributed by atoms with Gasteiger partial charge in [-0.1, -0.05) is 63.2 Å². The van der Waals surface area contributed by atoms with E-state index in [1.165, 1.54) is 11.1 Å². The van der Waals surface area contributed by atoms with Crippen LogP contribution in [0.15, 0.2) is 42.5 Å². The average Bonchev–Trinajstić information content (AvgIpc) is 2.69. The first-order valence-corrected chi connectivity index (χ1v) is 10.4. The number of anilines is 1. The Hall–Kier alpha value is -2.66. The lowest BCUT2D eigenvalue weighted by molar-refractivity contribution is -0.692. The molecule has 4 N–H and O–H groups in total. The molecule has 0 heterocycles. The van der Waals surface area contributed by atoms with E-state index in [1.54, 1.807) is 0 Å². The lowest BCUT2D eigenvalue weighted by Crippen LogP contribution is -2.88. The molecule has 0 unspecified atom stereocenters. The zero-order valence-electron chi connectivity index (χ0n) is 18.2. The van der Waals surface area contributed by atoms with E-state index in [-0.39, 0.29) is 30.9 Å². The SMILES string of the molecule is CCc1ccc([C@@H]([NH2+]CC(=O)NCC(=O)Nc2c(C)cccc2C)C(C)C)cc1. The quantitative estimate of drug-likeness (QED) is 0.610. The number of quaternary nitrogens is 1. The number of carbonyl (C=O) groups is 2. The minimum Gasteiger partial charge on any atom is -0.342 e. The number of hydrogen-bond donors (Lipinski definition) is 3. The summed E-state index contributed by atoms with van der Waals surface area (Å²) < 4.78 is 0. The van der Waals surface area contributed by atoms with Crippen molar-refractivity contribution >= 4 is 17.5 Å². The Balaban J connectivity index is 1.85. The minimum absolute atomic E-state index is 0.0298. The number of nitrogens with one attached hydrogen (secondary N) is 2. The van der Waals surface area contributed by atoms with Crippen molar-refractivity contribution in [2.75, 3.05) is 18.4 Å². The van der Waals surface area contributed by atoms with Gasteiger partial charge in [0, 0.05) is 17.2 Å². The fourth-order valence-electron chi connectivity index (χ4n) is 3.45. The van der Waals surface area contributed by atoms with Crippen molar-refractivity contribution in [2.24, 2.45) is 5.92 Å². The van der Waals surface area contributed by atoms with Crippen LogP contribution < -0.4 is 16.0 Å². The van der Waals surface area contributed by atoms with Crippen LogP contribution in [-0.2, 0) is 16.0 Å². The number of hydrogen-bond acceptors (Lipinski definition) is 2. The Kier molecular flexibility index (Phi) is 8.40. The second-order valence-corrected chi connectivity index (χ2v) is 7.90. The Morgan fingerprint density at radius 2 is 1.59 bits per heavy atom. The first-order valence-electron chi connectivity index (χ1n) is 10.4. The van der Waals surface area contributed by atoms with Crippen molar-refractivity contribution in [3.63, 3.8) is 0 Å². The zero-order chi connectivity index (χ0) is 21.4. The predicted molar refractivity (Wildman–Crippen MR) is 118 cm³/mol. The number of benzene rings is 2. The third-order valence-corrected chi connectivity index (χ3v) is 5.24. The number of aryl methyl sites for hydroxylation is 3. The second-order valence-electron chi connectivity index (χ2n) is 7.90. The van der Waals surface area contributed by atoms with E-state index in [1.807, 2.05) is 37.4 Å². The van der Waals surface area contributed by atoms with E-state index in [9.17, 15) is 9.59 Å². The van der Waals surface area contributed by atoms with Gasteiger partial charge in [-0.25, -0.2) is 0 Å². The molecular weight excluding hydrogens is 362 g/mol. The molecule has 0 aliphatic heterocycles. The fraction of sp³-hybridized carbons (Fsp3) is 0.417. The molecule has 0 aliphatic rings. The van der Waals surface area contributed by atoms with Gasteiger partial charge in [0.25, 0.3) is 5.91 Å². The molecule has 2 amide bonds. The summed E-state index contributed by atoms with van der Waals surface area (Å²) >= 11 is 0. The van der Waals surface area contributed by atoms with Gasteiger partial charge >= 0.3 is 0 Å². The van der Waals surface area contributed by atoms with Gasteiger partial charge < -0.3 is 16.0 Å². The number of carbonyl (C=O) groups excluding carboxylic acids is 2. The summed E-state index contributed by atoms with van der Waals surface area (Å²) in [5.74, 6) is 0.0337. The van der Waals surface area contributed by atoms with Crippen molar-refractivity contribution in [1.82, 2.24) is 5.32 Å². The molecular formula is C24H34N3O2+. The highest BCUT2D eigenvalue weighted by atomic mass is 16.2. The first-order chi connectivity index (χ1) is 13.8. The largest absolute Gasteiger partial charge is 0.342 e. The molecule has 5 heteroatoms. The minimum atomic E-state index is -0.216. The molecule has 0 bridgehead atoms. The highest BCUT2D eigenvalue weighted by Gasteiger charge is 2.20. The summed E-state index contributed by atoms with van der Waals surface area (Å²) in [6.45, 7) is 10.6. The molecule has 0 saturated carbocycles. The molecule has 0 fully saturated rings. The summed E-state index contributed by atoms with van der Waals surface area (Å²) in [7, 11) is 0. The maximum atomic E-state index is 12.3. The number of nitrogens with two attached hydrogens (primary N) is 1. The highest BCUT2D eigenvalue weighted by molar-refractivity contribution is 5.95. The van der Waals surface area contributed by atoms with E-state index in [4.69, 9.17) is 0 Å². The lowest BCUT2D eigenvalue weighted by atomic mass is 9.95. The van der Waals surface area contributed by atoms with E-state index in [0.29, 0.717) is 5.92 Å². The Bertz CT molecular complexity index is 808. The van der Waals surface area contributed by atoms with E-state index in [0.717, 1.165) is 23.2 Å². The molecule has 0 aliphatic carbocycles. The van der Waals surface area contributed by atoms with Crippen LogP contribution in [0.3, 0.4) is 0 Å². The maximum absolute atomic E-state index is 12.3. The van der Waals surface area contributed by atoms with Crippen molar-refractivity contribution < 1.29 is 14.9 Å². The predicted octanol–water partition coefficient (Wildman–Crippen LogP) is 2.88. The molecule has 156 valence electrons. The molecule has 0 radical (unpaired) electrons. The molecule has 0 aromatic heterocycles. The summed E-state index contributed by atoms with van der Waals surface area (Å²) in [5, 5.41) is 7.66. The Labute approximate surface area is 174 Å². The molecule has 2 aromatic rings. The second kappa shape index (κ2) is 10.8. The monoisotopic (exact) mass is 396 g/mol. The smallest absolute Gasteiger partial charge is 0.275 e. The van der Waals surface area contributed by atoms with Gasteiger partial charge in [-0.15, -0.1) is 0 Å². The number of rotatable bonds is 9. The molecule has 2 rings (SSSR count). The van der Waals surface area contributed by atoms with Gasteiger partial charge in [-0.05, 0) is 37.0 Å². The fourth-order valence-corrected chi connectivity index (χ4v) is 3.45. The van der Waals surface area contributed by atoms with Crippen molar-refractivity contribution in [1.29, 1.82) is 0 Å². The van der Waals surface area contributed by atoms with Crippen LogP contribution in [0.4, 0.5) is 5.69 Å². The molecule has 0 spiro atoms. The van der Waals surface area contributed by atoms with Crippen LogP contribution in [0, 0.1) is 19.8 Å². The van der Waals surface area contributed by atoms with Crippen molar-refractivity contribution in [3.8, 4) is 0 Å². The molecule has 5 nitrogen and oxygen atoms in total. The van der Waals surface area contributed by atoms with Gasteiger partial charge in [0.1, 0.15) is 6.04 Å². The van der Waals surface area contributed by atoms with E-state index in [2.05, 4.69) is 55.7 Å². The summed E-state index contributed by atoms with van der Waals surface area (Å²) in [5.41, 5.74) is 5.36. The van der Waals surface area contributed by atoms with Crippen LogP contribution in [0.5, 0.6) is 0 Å². The normalized spacial score (nSPS) is 11.9. The average molecular weight is 397 g/mol. The standard InChI is InChI=1S/C24H33N3O2/c1-6-19-10-12-20(13-11-19)23(16(2)3)26-14-21(28)25-15-22(29)27-24-17(4)8-7-9-18(24)5/h7-13,16,23,26H,6,14-15H2,1-5H3,(H,25,28)(H,27,29)/p+1/t23-/m0/s1. The molecule has 1 atom stereocenters. The Morgan fingerprint density at radius 1 is 0.966 bits per heavy atom. The van der Waals surface area contributed by atoms with Gasteiger partial charge in [0.15, 0.2) is 6.54 Å². The van der Waals surface area contributed by atoms with Gasteiger partial charge in [-0.3, -0.25) is 9.59 Å². The van der Waals surface area contributed by atoms with E-state index < -0.39 is 0 Å². The molecule has 0 saturated heterocycles. The molecule has 29 heavy (non-hydrogen) atoms. The number of para-hydroxylation sites is 1. The van der Waals surface area contributed by atoms with Crippen LogP contribution in [0.25, 0.3) is 0 Å². The van der Waals surface area contributed by atoms with Gasteiger partial charge in [-0.2, -0.15) is 0 Å². The van der Waals surface area contributed by atoms with Crippen LogP contribution in [0.2, 0.25) is 0 Å². The third kappa shape index (κ3) is 6.71. The lowest BCUT2D eigenvalue weighted by Gasteiger charge is -2.20. The summed E-state index contributed by atoms with van der Waals surface area (Å²) in [4.78, 5) is 24.5. The highest BCUT2D eigenvalue weighted by Crippen LogP contribution is 2.19. The summed E-state index contributed by atoms with van der Waals surface area (Å²) in [6, 6.07) is 14.7. The Morgan fingerprint density at radius 3 is 2.14 bits per heavy atom. The topological polar surface area (TPSA) is 74.8 Å². The van der Waals surface area contributed by atoms with Crippen LogP contribution in [0.1, 0.15) is 49.1 Å². The van der Waals surface area contributed by atoms with Crippen molar-refractivity contribution in [3.05, 3.63) is 64.7 Å². The van der Waals surface area contributed by atoms with Gasteiger partial charge in [0.05, 0.1) is 6.54 Å². The van der Waals surface area contributed by atoms with E-state index >= 15 is 0 Å². The van der Waals surface area contributed by atoms with Crippen molar-refractivity contribution in [2.45, 2.75) is 47.1 Å². The zero-order valence-corrected chi connectivity index (χ0v) is 18.2. The van der Waals surface area contributed by atoms with Gasteiger partial charge in [0.2, 0.25) is 5.91 Å². The first kappa shape index (κ1) is 22.6. The summed E-state index contributed by atoms with van der Waals surface area (Å²) in [6.07, 6.45) is 1.02. The molecule has 2 aromatic carbocycles. The van der Waals surface area contributed by atoms with Crippen LogP contribution in [-0.4, -0.2) is 24.9 Å². The maximum Gasteiger partial charge on any atom is 0.275 e. The third-order valence-electron chi connectivity index (χ3n) is 5.24. The number of amides is 2. The van der Waals surface area contributed by atoms with Crippen LogP contribution >= 0.6 is 0 Å².